The van der Waals surface area contributed by atoms with Crippen molar-refractivity contribution in [1.82, 2.24) is 19.1 Å². The molecule has 0 saturated carbocycles. The zero-order chi connectivity index (χ0) is 40.9. The third-order valence-electron chi connectivity index (χ3n) is 12.7. The number of benzene rings is 9. The molecule has 0 unspecified atom stereocenters. The second kappa shape index (κ2) is 13.4. The van der Waals surface area contributed by atoms with Crippen LogP contribution in [0.5, 0.6) is 0 Å². The largest absolute Gasteiger partial charge is 0.456 e. The summed E-state index contributed by atoms with van der Waals surface area (Å²) < 4.78 is 11.4. The molecule has 290 valence electrons. The zero-order valence-corrected chi connectivity index (χ0v) is 33.7. The Morgan fingerprint density at radius 3 is 1.73 bits per heavy atom. The first-order chi connectivity index (χ1) is 30.7. The SMILES string of the molecule is Cc1c(-c2ccccc2)nc(-c2cc3c(cc2-n2c4ccccc4c4cc5ccccc5cc42)oc2ccccc23)nc1-c1ccc2c(c1)c1ccccc1n2-c1ccccc1. The van der Waals surface area contributed by atoms with E-state index in [1.54, 1.807) is 0 Å². The summed E-state index contributed by atoms with van der Waals surface area (Å²) in [6, 6.07) is 71.2. The van der Waals surface area contributed by atoms with Crippen LogP contribution in [0.2, 0.25) is 0 Å². The van der Waals surface area contributed by atoms with Crippen molar-refractivity contribution >= 4 is 76.3 Å². The van der Waals surface area contributed by atoms with Crippen molar-refractivity contribution in [3.8, 4) is 45.3 Å². The lowest BCUT2D eigenvalue weighted by Crippen LogP contribution is -2.04. The van der Waals surface area contributed by atoms with E-state index in [0.29, 0.717) is 5.82 Å². The molecular weight excluding hydrogens is 757 g/mol. The lowest BCUT2D eigenvalue weighted by Gasteiger charge is -2.17. The van der Waals surface area contributed by atoms with Gasteiger partial charge in [0.15, 0.2) is 5.82 Å². The molecule has 0 amide bonds. The Hall–Kier alpha value is -8.28. The molecule has 0 N–H and O–H groups in total. The molecule has 0 saturated heterocycles. The molecule has 5 heteroatoms. The van der Waals surface area contributed by atoms with Crippen molar-refractivity contribution in [3.63, 3.8) is 0 Å². The fraction of sp³-hybridized carbons (Fsp3) is 0.0175. The minimum atomic E-state index is 0.644. The lowest BCUT2D eigenvalue weighted by atomic mass is 9.98. The molecule has 5 nitrogen and oxygen atoms in total. The highest BCUT2D eigenvalue weighted by Crippen LogP contribution is 2.43. The maximum atomic E-state index is 6.64. The van der Waals surface area contributed by atoms with Gasteiger partial charge in [0, 0.05) is 66.3 Å². The molecular formula is C57H36N4O. The first kappa shape index (κ1) is 34.6. The van der Waals surface area contributed by atoms with Crippen molar-refractivity contribution < 1.29 is 4.42 Å². The van der Waals surface area contributed by atoms with Crippen molar-refractivity contribution in [3.05, 3.63) is 206 Å². The summed E-state index contributed by atoms with van der Waals surface area (Å²) in [5, 5.41) is 9.20. The molecule has 0 radical (unpaired) electrons. The van der Waals surface area contributed by atoms with E-state index in [-0.39, 0.29) is 0 Å². The van der Waals surface area contributed by atoms with E-state index in [0.717, 1.165) is 83.5 Å². The first-order valence-electron chi connectivity index (χ1n) is 21.1. The van der Waals surface area contributed by atoms with Gasteiger partial charge in [0.05, 0.1) is 39.1 Å². The predicted molar refractivity (Wildman–Crippen MR) is 257 cm³/mol. The Morgan fingerprint density at radius 1 is 0.387 bits per heavy atom. The van der Waals surface area contributed by atoms with Gasteiger partial charge in [0.25, 0.3) is 0 Å². The van der Waals surface area contributed by atoms with E-state index in [1.807, 2.05) is 12.1 Å². The molecule has 0 aliphatic rings. The summed E-state index contributed by atoms with van der Waals surface area (Å²) in [5.41, 5.74) is 14.1. The van der Waals surface area contributed by atoms with E-state index >= 15 is 0 Å². The number of rotatable bonds is 5. The summed E-state index contributed by atoms with van der Waals surface area (Å²) in [6.45, 7) is 2.16. The van der Waals surface area contributed by atoms with Crippen LogP contribution < -0.4 is 0 Å². The Labute approximate surface area is 356 Å². The molecule has 62 heavy (non-hydrogen) atoms. The van der Waals surface area contributed by atoms with Gasteiger partial charge in [-0.25, -0.2) is 9.97 Å². The molecule has 0 bridgehead atoms. The summed E-state index contributed by atoms with van der Waals surface area (Å²) in [4.78, 5) is 11.2. The smallest absolute Gasteiger partial charge is 0.162 e. The van der Waals surface area contributed by atoms with E-state index in [9.17, 15) is 0 Å². The van der Waals surface area contributed by atoms with E-state index in [1.165, 1.54) is 37.8 Å². The fourth-order valence-corrected chi connectivity index (χ4v) is 9.81. The van der Waals surface area contributed by atoms with E-state index < -0.39 is 0 Å². The van der Waals surface area contributed by atoms with E-state index in [4.69, 9.17) is 14.4 Å². The van der Waals surface area contributed by atoms with Crippen LogP contribution in [0.4, 0.5) is 0 Å². The van der Waals surface area contributed by atoms with Crippen LogP contribution in [-0.2, 0) is 0 Å². The maximum absolute atomic E-state index is 6.64. The van der Waals surface area contributed by atoms with Gasteiger partial charge in [-0.15, -0.1) is 0 Å². The molecule has 9 aromatic carbocycles. The number of nitrogens with zero attached hydrogens (tertiary/aromatic N) is 4. The van der Waals surface area contributed by atoms with Gasteiger partial charge in [0.2, 0.25) is 0 Å². The van der Waals surface area contributed by atoms with Crippen molar-refractivity contribution in [2.24, 2.45) is 0 Å². The molecule has 0 spiro atoms. The number of hydrogen-bond acceptors (Lipinski definition) is 3. The number of fused-ring (bicyclic) bond motifs is 10. The summed E-state index contributed by atoms with van der Waals surface area (Å²) in [5.74, 6) is 0.644. The van der Waals surface area contributed by atoms with Gasteiger partial charge in [-0.1, -0.05) is 133 Å². The Balaban J connectivity index is 1.13. The zero-order valence-electron chi connectivity index (χ0n) is 33.7. The highest BCUT2D eigenvalue weighted by atomic mass is 16.3. The maximum Gasteiger partial charge on any atom is 0.162 e. The molecule has 0 aliphatic heterocycles. The lowest BCUT2D eigenvalue weighted by molar-refractivity contribution is 0.668. The molecule has 4 heterocycles. The van der Waals surface area contributed by atoms with Crippen LogP contribution in [0.25, 0.3) is 122 Å². The number of hydrogen-bond donors (Lipinski definition) is 0. The summed E-state index contributed by atoms with van der Waals surface area (Å²) >= 11 is 0. The average molecular weight is 793 g/mol. The fourth-order valence-electron chi connectivity index (χ4n) is 9.81. The Morgan fingerprint density at radius 2 is 0.968 bits per heavy atom. The van der Waals surface area contributed by atoms with Crippen LogP contribution >= 0.6 is 0 Å². The monoisotopic (exact) mass is 792 g/mol. The van der Waals surface area contributed by atoms with Crippen LogP contribution in [0.1, 0.15) is 5.56 Å². The molecule has 0 aliphatic carbocycles. The second-order valence-electron chi connectivity index (χ2n) is 16.2. The molecule has 13 aromatic rings. The Bertz CT molecular complexity index is 3930. The van der Waals surface area contributed by atoms with Crippen molar-refractivity contribution in [1.29, 1.82) is 0 Å². The van der Waals surface area contributed by atoms with Gasteiger partial charge in [0.1, 0.15) is 11.2 Å². The van der Waals surface area contributed by atoms with Gasteiger partial charge < -0.3 is 13.6 Å². The first-order valence-corrected chi connectivity index (χ1v) is 21.1. The van der Waals surface area contributed by atoms with Crippen LogP contribution in [0.3, 0.4) is 0 Å². The van der Waals surface area contributed by atoms with Crippen molar-refractivity contribution in [2.45, 2.75) is 6.92 Å². The highest BCUT2D eigenvalue weighted by molar-refractivity contribution is 6.15. The van der Waals surface area contributed by atoms with E-state index in [2.05, 4.69) is 204 Å². The number of para-hydroxylation sites is 4. The molecule has 0 atom stereocenters. The minimum Gasteiger partial charge on any atom is -0.456 e. The highest BCUT2D eigenvalue weighted by Gasteiger charge is 2.24. The Kier molecular flexibility index (Phi) is 7.45. The van der Waals surface area contributed by atoms with Gasteiger partial charge in [-0.05, 0) is 78.4 Å². The standard InChI is InChI=1S/C57H36N4O/c1-35-55(36-16-4-2-5-17-36)58-57(59-56(35)39-28-29-50-44(31-39)41-22-10-13-25-48(41)60(50)40-20-6-3-7-21-40)47-33-46-43-24-12-15-27-53(43)62-54(46)34-52(47)61-49-26-14-11-23-42(49)45-30-37-18-8-9-19-38(37)32-51(45)61/h2-34H,1H3. The quantitative estimate of drug-likeness (QED) is 0.174. The third kappa shape index (κ3) is 5.15. The number of aromatic nitrogens is 4. The number of furan rings is 1. The predicted octanol–water partition coefficient (Wildman–Crippen LogP) is 15.0. The third-order valence-corrected chi connectivity index (χ3v) is 12.7. The van der Waals surface area contributed by atoms with Crippen LogP contribution in [0, 0.1) is 6.92 Å². The van der Waals surface area contributed by atoms with Gasteiger partial charge in [-0.3, -0.25) is 0 Å². The summed E-state index contributed by atoms with van der Waals surface area (Å²) in [7, 11) is 0. The van der Waals surface area contributed by atoms with Crippen LogP contribution in [0.15, 0.2) is 205 Å². The van der Waals surface area contributed by atoms with Gasteiger partial charge >= 0.3 is 0 Å². The van der Waals surface area contributed by atoms with Crippen LogP contribution in [-0.4, -0.2) is 19.1 Å². The molecule has 0 fully saturated rings. The molecule has 4 aromatic heterocycles. The van der Waals surface area contributed by atoms with Gasteiger partial charge in [-0.2, -0.15) is 0 Å². The average Bonchev–Trinajstić information content (AvgIpc) is 3.97. The normalized spacial score (nSPS) is 12.0. The molecule has 13 rings (SSSR count). The van der Waals surface area contributed by atoms with Crippen molar-refractivity contribution in [2.75, 3.05) is 0 Å². The summed E-state index contributed by atoms with van der Waals surface area (Å²) in [6.07, 6.45) is 0. The minimum absolute atomic E-state index is 0.644. The topological polar surface area (TPSA) is 48.8 Å². The second-order valence-corrected chi connectivity index (χ2v) is 16.2.